The zero-order chi connectivity index (χ0) is 65.4. The Hall–Kier alpha value is -8.02. The number of guanidine groups is 2. The van der Waals surface area contributed by atoms with Crippen molar-refractivity contribution in [1.29, 1.82) is 10.8 Å². The van der Waals surface area contributed by atoms with Gasteiger partial charge in [-0.1, -0.05) is 68.8 Å². The maximum atomic E-state index is 14.7. The summed E-state index contributed by atoms with van der Waals surface area (Å²) >= 11 is 1.42. The number of hydrogen-bond acceptors (Lipinski definition) is 15. The smallest absolute Gasteiger partial charge is 0.246 e. The number of rotatable bonds is 41. The highest BCUT2D eigenvalue weighted by atomic mass is 32.2. The summed E-state index contributed by atoms with van der Waals surface area (Å²) in [6.45, 7) is 4.65. The highest BCUT2D eigenvalue weighted by Crippen LogP contribution is 2.23. The standard InChI is InChI=1S/C60H97N19O9S/c1-4-36(2)49(58(88)79-31-16-25-48(79)50(64)80)78-56(86)45(24-15-30-70-60(67)68)75-53(83)42(21-10-12-27-61)72-54(84)44(23-14-29-69-59(65)66)74-52(82)43(22-11-13-28-62)73-55(85)46(26-32-89-3)76-57(87)47(34-38-35-71-41-20-9-8-19-39(38)41)77-51(81)40(63)33-37-17-6-5-7-18-37/h5-9,17-20,35-36,40,42-49,71H,4,10-16,21-34,61-63H2,1-3H3,(H2,64,80)(H,72,84)(H,73,85)(H,74,82)(H,75,83)(H,76,87)(H,77,81)(H,78,86)(H4,65,66,69)(H4,67,68,70)/t36-,40-,42-,43-,44-,45-,46-,47-,48-,49-/m0/s1. The number of nitrogens with two attached hydrogens (primary N) is 6. The molecular weight excluding hydrogens is 1160 g/mol. The first-order valence-electron chi connectivity index (χ1n) is 30.7. The Morgan fingerprint density at radius 2 is 1.07 bits per heavy atom. The zero-order valence-corrected chi connectivity index (χ0v) is 52.4. The lowest BCUT2D eigenvalue weighted by molar-refractivity contribution is -0.142. The predicted molar refractivity (Wildman–Crippen MR) is 344 cm³/mol. The van der Waals surface area contributed by atoms with Gasteiger partial charge in [0.15, 0.2) is 11.9 Å². The Morgan fingerprint density at radius 1 is 0.607 bits per heavy atom. The van der Waals surface area contributed by atoms with Gasteiger partial charge in [-0.05, 0) is 138 Å². The van der Waals surface area contributed by atoms with Gasteiger partial charge in [-0.25, -0.2) is 0 Å². The molecule has 0 aliphatic carbocycles. The number of carbonyl (C=O) groups excluding carboxylic acids is 9. The van der Waals surface area contributed by atoms with Crippen LogP contribution in [-0.2, 0) is 56.0 Å². The third-order valence-corrected chi connectivity index (χ3v) is 16.3. The van der Waals surface area contributed by atoms with E-state index >= 15 is 0 Å². The summed E-state index contributed by atoms with van der Waals surface area (Å²) in [7, 11) is 0. The van der Waals surface area contributed by atoms with Crippen molar-refractivity contribution in [1.82, 2.24) is 57.7 Å². The number of aromatic amines is 1. The van der Waals surface area contributed by atoms with Crippen LogP contribution >= 0.6 is 11.8 Å². The Bertz CT molecular complexity index is 2810. The molecule has 0 unspecified atom stereocenters. The number of nitrogens with one attached hydrogen (secondary N) is 12. The van der Waals surface area contributed by atoms with E-state index in [4.69, 9.17) is 45.2 Å². The molecule has 0 radical (unpaired) electrons. The van der Waals surface area contributed by atoms with Crippen molar-refractivity contribution in [3.05, 3.63) is 71.9 Å². The third kappa shape index (κ3) is 24.8. The lowest BCUT2D eigenvalue weighted by Gasteiger charge is -2.32. The Balaban J connectivity index is 1.62. The fraction of sp³-hybridized carbons (Fsp3) is 0.583. The van der Waals surface area contributed by atoms with Crippen molar-refractivity contribution in [2.75, 3.05) is 44.7 Å². The van der Waals surface area contributed by atoms with E-state index in [1.807, 2.05) is 67.8 Å². The number of nitrogens with zero attached hydrogens (tertiary/aromatic N) is 1. The van der Waals surface area contributed by atoms with Crippen molar-refractivity contribution in [3.63, 3.8) is 0 Å². The molecule has 0 spiro atoms. The summed E-state index contributed by atoms with van der Waals surface area (Å²) in [5.74, 6) is -6.89. The number of benzene rings is 2. The normalized spacial score (nSPS) is 15.9. The van der Waals surface area contributed by atoms with Crippen LogP contribution < -0.4 is 82.3 Å². The predicted octanol–water partition coefficient (Wildman–Crippen LogP) is -1.27. The van der Waals surface area contributed by atoms with E-state index in [1.54, 1.807) is 13.1 Å². The SMILES string of the molecule is CC[C@H](C)[C@H](NC(=O)[C@H](CCCNC(=N)N)NC(=O)[C@H](CCCCN)NC(=O)[C@H](CCCNC(=N)N)NC(=O)[C@H](CCCCN)NC(=O)[C@H](CCSC)NC(=O)[C@H](Cc1c[nH]c2ccccc12)NC(=O)[C@@H](N)Cc1ccccc1)C(=O)N1CCC[C@H]1C(N)=O. The molecule has 1 aromatic heterocycles. The van der Waals surface area contributed by atoms with Crippen molar-refractivity contribution in [3.8, 4) is 0 Å². The number of likely N-dealkylation sites (tertiary alicyclic amines) is 1. The monoisotopic (exact) mass is 1260 g/mol. The highest BCUT2D eigenvalue weighted by Gasteiger charge is 2.40. The topological polar surface area (TPSA) is 485 Å². The molecule has 1 fully saturated rings. The van der Waals surface area contributed by atoms with Gasteiger partial charge in [0.2, 0.25) is 53.2 Å². The number of thioether (sulfide) groups is 1. The van der Waals surface area contributed by atoms with Gasteiger partial charge < -0.3 is 92.1 Å². The molecule has 9 amide bonds. The van der Waals surface area contributed by atoms with Crippen LogP contribution in [0.2, 0.25) is 0 Å². The number of carbonyl (C=O) groups is 9. The molecule has 0 bridgehead atoms. The number of para-hydroxylation sites is 1. The maximum Gasteiger partial charge on any atom is 0.246 e. The second-order valence-corrected chi connectivity index (χ2v) is 23.5. The molecule has 0 saturated carbocycles. The number of aromatic nitrogens is 1. The molecule has 29 heteroatoms. The molecule has 2 heterocycles. The average Bonchev–Trinajstić information content (AvgIpc) is 2.50. The highest BCUT2D eigenvalue weighted by molar-refractivity contribution is 7.98. The summed E-state index contributed by atoms with van der Waals surface area (Å²) < 4.78 is 0. The first kappa shape index (κ1) is 73.4. The Morgan fingerprint density at radius 3 is 1.55 bits per heavy atom. The minimum atomic E-state index is -1.36. The van der Waals surface area contributed by atoms with Crippen LogP contribution in [0, 0.1) is 16.7 Å². The van der Waals surface area contributed by atoms with Crippen LogP contribution in [0.4, 0.5) is 0 Å². The zero-order valence-electron chi connectivity index (χ0n) is 51.6. The number of primary amides is 1. The van der Waals surface area contributed by atoms with Crippen LogP contribution in [0.15, 0.2) is 60.8 Å². The molecule has 1 aliphatic heterocycles. The summed E-state index contributed by atoms with van der Waals surface area (Å²) in [6.07, 6.45) is 7.31. The number of hydrogen-bond donors (Lipinski definition) is 18. The fourth-order valence-electron chi connectivity index (χ4n) is 10.4. The van der Waals surface area contributed by atoms with Gasteiger partial charge in [-0.3, -0.25) is 54.0 Å². The molecule has 1 aliphatic rings. The molecule has 4 rings (SSSR count). The number of amides is 9. The van der Waals surface area contributed by atoms with Crippen LogP contribution in [0.25, 0.3) is 10.9 Å². The van der Waals surface area contributed by atoms with Crippen molar-refractivity contribution >= 4 is 87.7 Å². The van der Waals surface area contributed by atoms with Gasteiger partial charge >= 0.3 is 0 Å². The first-order chi connectivity index (χ1) is 42.6. The summed E-state index contributed by atoms with van der Waals surface area (Å²) in [6, 6.07) is 6.02. The van der Waals surface area contributed by atoms with Crippen molar-refractivity contribution in [2.24, 2.45) is 40.3 Å². The number of unbranched alkanes of at least 4 members (excludes halogenated alkanes) is 2. The Labute approximate surface area is 525 Å². The van der Waals surface area contributed by atoms with Gasteiger partial charge in [0, 0.05) is 43.2 Å². The molecule has 1 saturated heterocycles. The molecule has 3 aromatic rings. The van der Waals surface area contributed by atoms with E-state index in [0.717, 1.165) is 22.0 Å². The molecule has 28 nitrogen and oxygen atoms in total. The van der Waals surface area contributed by atoms with E-state index in [1.165, 1.54) is 16.7 Å². The van der Waals surface area contributed by atoms with Gasteiger partial charge in [-0.2, -0.15) is 11.8 Å². The van der Waals surface area contributed by atoms with E-state index in [9.17, 15) is 43.2 Å². The lowest BCUT2D eigenvalue weighted by atomic mass is 9.96. The summed E-state index contributed by atoms with van der Waals surface area (Å²) in [4.78, 5) is 132. The second kappa shape index (κ2) is 39.1. The second-order valence-electron chi connectivity index (χ2n) is 22.5. The maximum absolute atomic E-state index is 14.7. The molecule has 492 valence electrons. The number of fused-ring (bicyclic) bond motifs is 1. The van der Waals surface area contributed by atoms with E-state index in [-0.39, 0.29) is 102 Å². The third-order valence-electron chi connectivity index (χ3n) is 15.6. The number of H-pyrrole nitrogens is 1. The minimum absolute atomic E-state index is 0.0106. The van der Waals surface area contributed by atoms with E-state index < -0.39 is 113 Å². The van der Waals surface area contributed by atoms with Crippen LogP contribution in [-0.4, -0.2) is 174 Å². The fourth-order valence-corrected chi connectivity index (χ4v) is 10.9. The minimum Gasteiger partial charge on any atom is -0.370 e. The van der Waals surface area contributed by atoms with Gasteiger partial charge in [0.1, 0.15) is 48.3 Å². The molecular formula is C60H97N19O9S. The molecule has 2 aromatic carbocycles. The van der Waals surface area contributed by atoms with Crippen molar-refractivity contribution in [2.45, 2.75) is 171 Å². The Kier molecular flexibility index (Phi) is 32.3. The average molecular weight is 1260 g/mol. The summed E-state index contributed by atoms with van der Waals surface area (Å²) in [5.41, 5.74) is 37.3. The van der Waals surface area contributed by atoms with Crippen LogP contribution in [0.5, 0.6) is 0 Å². The van der Waals surface area contributed by atoms with Crippen LogP contribution in [0.3, 0.4) is 0 Å². The lowest BCUT2D eigenvalue weighted by Crippen LogP contribution is -2.61. The van der Waals surface area contributed by atoms with E-state index in [0.29, 0.717) is 50.7 Å². The van der Waals surface area contributed by atoms with E-state index in [2.05, 4.69) is 52.8 Å². The largest absolute Gasteiger partial charge is 0.370 e. The van der Waals surface area contributed by atoms with Crippen LogP contribution in [0.1, 0.15) is 115 Å². The summed E-state index contributed by atoms with van der Waals surface area (Å²) in [5, 5.41) is 41.2. The van der Waals surface area contributed by atoms with Gasteiger partial charge in [0.05, 0.1) is 6.04 Å². The van der Waals surface area contributed by atoms with Crippen molar-refractivity contribution < 1.29 is 43.2 Å². The quantitative estimate of drug-likeness (QED) is 0.0179. The first-order valence-corrected chi connectivity index (χ1v) is 32.1. The van der Waals surface area contributed by atoms with Gasteiger partial charge in [0.25, 0.3) is 0 Å². The van der Waals surface area contributed by atoms with Gasteiger partial charge in [-0.15, -0.1) is 0 Å². The molecule has 89 heavy (non-hydrogen) atoms. The molecule has 24 N–H and O–H groups in total. The molecule has 10 atom stereocenters.